The van der Waals surface area contributed by atoms with Gasteiger partial charge in [-0.2, -0.15) is 4.31 Å². The third-order valence-electron chi connectivity index (χ3n) is 3.44. The van der Waals surface area contributed by atoms with Crippen molar-refractivity contribution >= 4 is 37.8 Å². The first-order valence-electron chi connectivity index (χ1n) is 7.14. The Hall–Kier alpha value is -1.49. The van der Waals surface area contributed by atoms with E-state index in [9.17, 15) is 18.0 Å². The van der Waals surface area contributed by atoms with Gasteiger partial charge in [-0.05, 0) is 24.3 Å². The minimum Gasteiger partial charge on any atom is -0.480 e. The Kier molecular flexibility index (Phi) is 6.33. The first-order chi connectivity index (χ1) is 11.3. The summed E-state index contributed by atoms with van der Waals surface area (Å²) >= 11 is 3.21. The molecule has 132 valence electrons. The second-order valence-corrected chi connectivity index (χ2v) is 7.97. The predicted octanol–water partition coefficient (Wildman–Crippen LogP) is 0.383. The lowest BCUT2D eigenvalue weighted by molar-refractivity contribution is -0.139. The molecule has 24 heavy (non-hydrogen) atoms. The molecule has 1 saturated heterocycles. The van der Waals surface area contributed by atoms with Crippen molar-refractivity contribution in [3.8, 4) is 0 Å². The molecule has 1 heterocycles. The van der Waals surface area contributed by atoms with E-state index in [-0.39, 0.29) is 4.90 Å². The maximum atomic E-state index is 12.6. The summed E-state index contributed by atoms with van der Waals surface area (Å²) in [6, 6.07) is 5.78. The van der Waals surface area contributed by atoms with Crippen LogP contribution < -0.4 is 0 Å². The number of rotatable bonds is 6. The van der Waals surface area contributed by atoms with E-state index in [4.69, 9.17) is 9.84 Å². The molecule has 0 unspecified atom stereocenters. The van der Waals surface area contributed by atoms with E-state index < -0.39 is 35.0 Å². The van der Waals surface area contributed by atoms with Crippen LogP contribution in [0.4, 0.5) is 0 Å². The van der Waals surface area contributed by atoms with Crippen LogP contribution in [0, 0.1) is 0 Å². The number of amides is 1. The molecule has 10 heteroatoms. The summed E-state index contributed by atoms with van der Waals surface area (Å²) in [5.74, 6) is -1.77. The van der Waals surface area contributed by atoms with E-state index in [0.717, 1.165) is 0 Å². The maximum absolute atomic E-state index is 12.6. The summed E-state index contributed by atoms with van der Waals surface area (Å²) in [4.78, 5) is 24.7. The molecule has 1 aromatic rings. The Morgan fingerprint density at radius 3 is 2.29 bits per heavy atom. The van der Waals surface area contributed by atoms with E-state index in [2.05, 4.69) is 15.9 Å². The summed E-state index contributed by atoms with van der Waals surface area (Å²) < 4.78 is 31.8. The highest BCUT2D eigenvalue weighted by atomic mass is 79.9. The van der Waals surface area contributed by atoms with Crippen LogP contribution in [-0.4, -0.2) is 74.0 Å². The van der Waals surface area contributed by atoms with Gasteiger partial charge in [0, 0.05) is 17.6 Å². The van der Waals surface area contributed by atoms with Crippen LogP contribution >= 0.6 is 15.9 Å². The number of aliphatic carboxylic acids is 1. The fourth-order valence-electron chi connectivity index (χ4n) is 2.20. The van der Waals surface area contributed by atoms with Crippen molar-refractivity contribution in [2.75, 3.05) is 39.4 Å². The second kappa shape index (κ2) is 8.06. The van der Waals surface area contributed by atoms with E-state index in [0.29, 0.717) is 35.1 Å². The molecule has 0 aliphatic carbocycles. The number of carboxylic acid groups (broad SMARTS) is 1. The monoisotopic (exact) mass is 420 g/mol. The first kappa shape index (κ1) is 18.8. The van der Waals surface area contributed by atoms with Gasteiger partial charge in [0.25, 0.3) is 0 Å². The van der Waals surface area contributed by atoms with E-state index in [1.54, 1.807) is 0 Å². The molecular weight excluding hydrogens is 404 g/mol. The van der Waals surface area contributed by atoms with Crippen molar-refractivity contribution in [3.05, 3.63) is 28.7 Å². The zero-order valence-corrected chi connectivity index (χ0v) is 15.1. The normalized spacial score (nSPS) is 15.5. The molecule has 1 amide bonds. The van der Waals surface area contributed by atoms with Crippen molar-refractivity contribution in [1.82, 2.24) is 9.21 Å². The molecule has 0 bridgehead atoms. The molecule has 0 saturated carbocycles. The molecule has 1 fully saturated rings. The summed E-state index contributed by atoms with van der Waals surface area (Å²) in [6.45, 7) is 0.170. The van der Waals surface area contributed by atoms with E-state index in [1.165, 1.54) is 29.2 Å². The standard InChI is InChI=1S/C14H17BrN2O6S/c15-11-1-3-12(4-2-11)24(21,22)17(10-14(19)20)9-13(18)16-5-7-23-8-6-16/h1-4H,5-10H2,(H,19,20). The van der Waals surface area contributed by atoms with Crippen molar-refractivity contribution in [3.63, 3.8) is 0 Å². The number of carboxylic acids is 1. The van der Waals surface area contributed by atoms with Gasteiger partial charge in [-0.3, -0.25) is 9.59 Å². The third kappa shape index (κ3) is 4.76. The molecule has 1 aliphatic rings. The molecule has 0 radical (unpaired) electrons. The fourth-order valence-corrected chi connectivity index (χ4v) is 3.80. The van der Waals surface area contributed by atoms with Crippen LogP contribution in [-0.2, 0) is 24.3 Å². The quantitative estimate of drug-likeness (QED) is 0.713. The van der Waals surface area contributed by atoms with E-state index in [1.807, 2.05) is 0 Å². The molecule has 0 spiro atoms. The maximum Gasteiger partial charge on any atom is 0.318 e. The molecule has 0 atom stereocenters. The minimum absolute atomic E-state index is 0.0678. The van der Waals surface area contributed by atoms with E-state index >= 15 is 0 Å². The number of hydrogen-bond acceptors (Lipinski definition) is 5. The largest absolute Gasteiger partial charge is 0.480 e. The highest BCUT2D eigenvalue weighted by Gasteiger charge is 2.30. The Morgan fingerprint density at radius 2 is 1.75 bits per heavy atom. The van der Waals surface area contributed by atoms with Crippen molar-refractivity contribution < 1.29 is 27.9 Å². The number of sulfonamides is 1. The Balaban J connectivity index is 2.21. The Bertz CT molecular complexity index is 700. The molecule has 0 aromatic heterocycles. The van der Waals surface area contributed by atoms with Crippen LogP contribution in [0.25, 0.3) is 0 Å². The summed E-state index contributed by atoms with van der Waals surface area (Å²) in [5, 5.41) is 9.00. The Labute approximate surface area is 148 Å². The smallest absolute Gasteiger partial charge is 0.318 e. The predicted molar refractivity (Wildman–Crippen MR) is 87.9 cm³/mol. The van der Waals surface area contributed by atoms with Crippen LogP contribution in [0.2, 0.25) is 0 Å². The lowest BCUT2D eigenvalue weighted by Crippen LogP contribution is -2.48. The van der Waals surface area contributed by atoms with Crippen molar-refractivity contribution in [2.24, 2.45) is 0 Å². The minimum atomic E-state index is -4.09. The molecule has 1 aromatic carbocycles. The van der Waals surface area contributed by atoms with Crippen LogP contribution in [0.5, 0.6) is 0 Å². The Morgan fingerprint density at radius 1 is 1.17 bits per heavy atom. The van der Waals surface area contributed by atoms with Crippen molar-refractivity contribution in [2.45, 2.75) is 4.90 Å². The number of carbonyl (C=O) groups is 2. The number of hydrogen-bond donors (Lipinski definition) is 1. The van der Waals surface area contributed by atoms with Crippen molar-refractivity contribution in [1.29, 1.82) is 0 Å². The average molecular weight is 421 g/mol. The van der Waals surface area contributed by atoms with Gasteiger partial charge >= 0.3 is 5.97 Å². The number of benzene rings is 1. The highest BCUT2D eigenvalue weighted by molar-refractivity contribution is 9.10. The van der Waals surface area contributed by atoms with Gasteiger partial charge in [0.15, 0.2) is 0 Å². The molecule has 1 aliphatic heterocycles. The highest BCUT2D eigenvalue weighted by Crippen LogP contribution is 2.19. The summed E-state index contributed by atoms with van der Waals surface area (Å²) in [5.41, 5.74) is 0. The number of morpholine rings is 1. The zero-order valence-electron chi connectivity index (χ0n) is 12.7. The molecule has 1 N–H and O–H groups in total. The number of carbonyl (C=O) groups excluding carboxylic acids is 1. The van der Waals surface area contributed by atoms with Crippen LogP contribution in [0.15, 0.2) is 33.6 Å². The van der Waals surface area contributed by atoms with Gasteiger partial charge in [-0.1, -0.05) is 15.9 Å². The van der Waals surface area contributed by atoms with Crippen LogP contribution in [0.1, 0.15) is 0 Å². The topological polar surface area (TPSA) is 104 Å². The van der Waals surface area contributed by atoms with Gasteiger partial charge in [0.1, 0.15) is 6.54 Å². The first-order valence-corrected chi connectivity index (χ1v) is 9.37. The summed E-state index contributed by atoms with van der Waals surface area (Å²) in [7, 11) is -4.09. The molecule has 2 rings (SSSR count). The SMILES string of the molecule is O=C(O)CN(CC(=O)N1CCOCC1)S(=O)(=O)c1ccc(Br)cc1. The fraction of sp³-hybridized carbons (Fsp3) is 0.429. The van der Waals surface area contributed by atoms with Gasteiger partial charge < -0.3 is 14.7 Å². The summed E-state index contributed by atoms with van der Waals surface area (Å²) in [6.07, 6.45) is 0. The number of nitrogens with zero attached hydrogens (tertiary/aromatic N) is 2. The third-order valence-corrected chi connectivity index (χ3v) is 5.77. The van der Waals surface area contributed by atoms with Gasteiger partial charge in [-0.25, -0.2) is 8.42 Å². The number of ether oxygens (including phenoxy) is 1. The van der Waals surface area contributed by atoms with Gasteiger partial charge in [0.2, 0.25) is 15.9 Å². The average Bonchev–Trinajstić information content (AvgIpc) is 2.55. The molecular formula is C14H17BrN2O6S. The van der Waals surface area contributed by atoms with Crippen LogP contribution in [0.3, 0.4) is 0 Å². The lowest BCUT2D eigenvalue weighted by atomic mass is 10.4. The number of halogens is 1. The lowest BCUT2D eigenvalue weighted by Gasteiger charge is -2.29. The zero-order chi connectivity index (χ0) is 17.7. The van der Waals surface area contributed by atoms with Gasteiger partial charge in [0.05, 0.1) is 24.7 Å². The second-order valence-electron chi connectivity index (χ2n) is 5.11. The molecule has 8 nitrogen and oxygen atoms in total. The van der Waals surface area contributed by atoms with Gasteiger partial charge in [-0.15, -0.1) is 0 Å².